The molecule has 0 aliphatic carbocycles. The van der Waals surface area contributed by atoms with Crippen LogP contribution in [0, 0.1) is 0 Å². The zero-order valence-electron chi connectivity index (χ0n) is 9.01. The number of rotatable bonds is 2. The Kier molecular flexibility index (Phi) is 2.70. The quantitative estimate of drug-likeness (QED) is 0.563. The van der Waals surface area contributed by atoms with Crippen LogP contribution in [0.15, 0.2) is 42.0 Å². The summed E-state index contributed by atoms with van der Waals surface area (Å²) in [5.41, 5.74) is 1.23. The van der Waals surface area contributed by atoms with Gasteiger partial charge in [0.25, 0.3) is 7.37 Å². The van der Waals surface area contributed by atoms with Crippen molar-refractivity contribution in [1.29, 1.82) is 0 Å². The summed E-state index contributed by atoms with van der Waals surface area (Å²) in [6.07, 6.45) is 2.59. The third kappa shape index (κ3) is 2.00. The Hall–Kier alpha value is -1.01. The van der Waals surface area contributed by atoms with Gasteiger partial charge >= 0.3 is 0 Å². The highest BCUT2D eigenvalue weighted by molar-refractivity contribution is 7.61. The van der Waals surface area contributed by atoms with Gasteiger partial charge in [-0.15, -0.1) is 0 Å². The van der Waals surface area contributed by atoms with E-state index in [4.69, 9.17) is 4.52 Å². The Morgan fingerprint density at radius 2 is 2.00 bits per heavy atom. The lowest BCUT2D eigenvalue weighted by atomic mass is 10.2. The van der Waals surface area contributed by atoms with Gasteiger partial charge in [0, 0.05) is 0 Å². The fourth-order valence-corrected chi connectivity index (χ4v) is 3.98. The van der Waals surface area contributed by atoms with Crippen LogP contribution in [0.25, 0.3) is 0 Å². The third-order valence-electron chi connectivity index (χ3n) is 2.92. The summed E-state index contributed by atoms with van der Waals surface area (Å²) in [4.78, 5) is 0. The molecule has 0 fully saturated rings. The van der Waals surface area contributed by atoms with Crippen molar-refractivity contribution in [2.45, 2.75) is 19.5 Å². The van der Waals surface area contributed by atoms with E-state index < -0.39 is 7.37 Å². The highest BCUT2D eigenvalue weighted by Gasteiger charge is 2.36. The molecule has 3 heteroatoms. The summed E-state index contributed by atoms with van der Waals surface area (Å²) in [7, 11) is -2.53. The van der Waals surface area contributed by atoms with Gasteiger partial charge in [0.05, 0.1) is 11.8 Å². The zero-order chi connectivity index (χ0) is 10.9. The molecule has 2 rings (SSSR count). The van der Waals surface area contributed by atoms with Gasteiger partial charge in [-0.05, 0) is 26.0 Å². The van der Waals surface area contributed by atoms with Crippen LogP contribution >= 0.6 is 7.37 Å². The predicted octanol–water partition coefficient (Wildman–Crippen LogP) is 3.69. The van der Waals surface area contributed by atoms with Crippen molar-refractivity contribution >= 4 is 7.37 Å². The summed E-state index contributed by atoms with van der Waals surface area (Å²) in [6, 6.07) is 9.40. The molecule has 0 saturated heterocycles. The van der Waals surface area contributed by atoms with Crippen molar-refractivity contribution < 1.29 is 9.09 Å². The van der Waals surface area contributed by atoms with E-state index in [0.29, 0.717) is 11.9 Å². The molecule has 15 heavy (non-hydrogen) atoms. The summed E-state index contributed by atoms with van der Waals surface area (Å²) in [5.74, 6) is 0.704. The van der Waals surface area contributed by atoms with E-state index in [9.17, 15) is 4.57 Å². The number of para-hydroxylation sites is 1. The van der Waals surface area contributed by atoms with Gasteiger partial charge in [0.15, 0.2) is 0 Å². The lowest BCUT2D eigenvalue weighted by Gasteiger charge is -2.19. The second-order valence-corrected chi connectivity index (χ2v) is 6.71. The maximum absolute atomic E-state index is 12.4. The lowest BCUT2D eigenvalue weighted by molar-refractivity contribution is 0.480. The average Bonchev–Trinajstić information content (AvgIpc) is 2.48. The Bertz CT molecular complexity index is 423. The van der Waals surface area contributed by atoms with Gasteiger partial charge in [-0.25, -0.2) is 0 Å². The maximum atomic E-state index is 12.4. The van der Waals surface area contributed by atoms with Gasteiger partial charge in [0.1, 0.15) is 5.75 Å². The molecular formula is C12H15O2P. The van der Waals surface area contributed by atoms with Crippen LogP contribution < -0.4 is 4.52 Å². The van der Waals surface area contributed by atoms with Crippen LogP contribution in [0.5, 0.6) is 5.75 Å². The topological polar surface area (TPSA) is 26.3 Å². The molecule has 1 aromatic carbocycles. The van der Waals surface area contributed by atoms with Gasteiger partial charge < -0.3 is 4.52 Å². The van der Waals surface area contributed by atoms with Gasteiger partial charge in [0.2, 0.25) is 0 Å². The fourth-order valence-electron chi connectivity index (χ4n) is 1.69. The molecule has 1 aliphatic rings. The normalized spacial score (nSPS) is 30.0. The number of benzene rings is 1. The predicted molar refractivity (Wildman–Crippen MR) is 62.8 cm³/mol. The average molecular weight is 222 g/mol. The van der Waals surface area contributed by atoms with Gasteiger partial charge in [-0.1, -0.05) is 29.8 Å². The summed E-state index contributed by atoms with van der Waals surface area (Å²) in [6.45, 7) is 3.99. The third-order valence-corrected chi connectivity index (χ3v) is 5.72. The summed E-state index contributed by atoms with van der Waals surface area (Å²) < 4.78 is 18.1. The molecule has 0 radical (unpaired) electrons. The SMILES string of the molecule is CC1=CCP(=O)(Oc2ccccc2)C1C. The van der Waals surface area contributed by atoms with Crippen LogP contribution in [-0.2, 0) is 4.57 Å². The van der Waals surface area contributed by atoms with E-state index in [1.165, 1.54) is 5.57 Å². The second-order valence-electron chi connectivity index (χ2n) is 3.94. The molecular weight excluding hydrogens is 207 g/mol. The fraction of sp³-hybridized carbons (Fsp3) is 0.333. The number of hydrogen-bond acceptors (Lipinski definition) is 2. The molecule has 0 aromatic heterocycles. The molecule has 80 valence electrons. The van der Waals surface area contributed by atoms with Crippen LogP contribution in [0.3, 0.4) is 0 Å². The minimum atomic E-state index is -2.53. The van der Waals surface area contributed by atoms with E-state index in [0.717, 1.165) is 0 Å². The first kappa shape index (κ1) is 10.5. The van der Waals surface area contributed by atoms with Crippen LogP contribution in [0.1, 0.15) is 13.8 Å². The van der Waals surface area contributed by atoms with E-state index in [-0.39, 0.29) is 5.66 Å². The van der Waals surface area contributed by atoms with Crippen molar-refractivity contribution in [3.05, 3.63) is 42.0 Å². The molecule has 2 unspecified atom stereocenters. The number of allylic oxidation sites excluding steroid dienone is 2. The summed E-state index contributed by atoms with van der Waals surface area (Å²) >= 11 is 0. The molecule has 2 atom stereocenters. The van der Waals surface area contributed by atoms with Crippen molar-refractivity contribution in [2.24, 2.45) is 0 Å². The van der Waals surface area contributed by atoms with Gasteiger partial charge in [-0.3, -0.25) is 4.57 Å². The van der Waals surface area contributed by atoms with Crippen LogP contribution in [0.2, 0.25) is 0 Å². The minimum Gasteiger partial charge on any atom is -0.442 e. The molecule has 0 N–H and O–H groups in total. The highest BCUT2D eigenvalue weighted by Crippen LogP contribution is 2.57. The van der Waals surface area contributed by atoms with Gasteiger partial charge in [-0.2, -0.15) is 0 Å². The Labute approximate surface area is 90.4 Å². The summed E-state index contributed by atoms with van der Waals surface area (Å²) in [5, 5.41) is 0. The number of hydrogen-bond donors (Lipinski definition) is 0. The van der Waals surface area contributed by atoms with Crippen molar-refractivity contribution in [3.8, 4) is 5.75 Å². The largest absolute Gasteiger partial charge is 0.442 e. The molecule has 0 spiro atoms. The highest BCUT2D eigenvalue weighted by atomic mass is 31.2. The molecule has 1 aromatic rings. The first-order chi connectivity index (χ1) is 7.12. The molecule has 1 heterocycles. The van der Waals surface area contributed by atoms with E-state index in [1.807, 2.05) is 50.3 Å². The molecule has 1 aliphatic heterocycles. The smallest absolute Gasteiger partial charge is 0.258 e. The van der Waals surface area contributed by atoms with Crippen LogP contribution in [-0.4, -0.2) is 11.8 Å². The van der Waals surface area contributed by atoms with Crippen LogP contribution in [0.4, 0.5) is 0 Å². The van der Waals surface area contributed by atoms with E-state index >= 15 is 0 Å². The van der Waals surface area contributed by atoms with Crippen molar-refractivity contribution in [3.63, 3.8) is 0 Å². The second kappa shape index (κ2) is 3.86. The maximum Gasteiger partial charge on any atom is 0.258 e. The molecule has 0 saturated carbocycles. The first-order valence-electron chi connectivity index (χ1n) is 5.12. The Morgan fingerprint density at radius 3 is 2.53 bits per heavy atom. The Balaban J connectivity index is 2.18. The Morgan fingerprint density at radius 1 is 1.33 bits per heavy atom. The monoisotopic (exact) mass is 222 g/mol. The minimum absolute atomic E-state index is 0.0534. The molecule has 0 amide bonds. The van der Waals surface area contributed by atoms with Crippen molar-refractivity contribution in [1.82, 2.24) is 0 Å². The standard InChI is InChI=1S/C12H15O2P/c1-10-8-9-15(13,11(10)2)14-12-6-4-3-5-7-12/h3-8,11H,9H2,1-2H3. The first-order valence-corrected chi connectivity index (χ1v) is 7.00. The van der Waals surface area contributed by atoms with E-state index in [1.54, 1.807) is 0 Å². The molecule has 0 bridgehead atoms. The van der Waals surface area contributed by atoms with Crippen molar-refractivity contribution in [2.75, 3.05) is 6.16 Å². The van der Waals surface area contributed by atoms with E-state index in [2.05, 4.69) is 0 Å². The zero-order valence-corrected chi connectivity index (χ0v) is 9.91. The molecule has 2 nitrogen and oxygen atoms in total. The lowest BCUT2D eigenvalue weighted by Crippen LogP contribution is -2.06.